The summed E-state index contributed by atoms with van der Waals surface area (Å²) in [6, 6.07) is 0. The largest absolute Gasteiger partial charge is 0.380 e. The van der Waals surface area contributed by atoms with Crippen LogP contribution in [0, 0.1) is 0 Å². The Labute approximate surface area is 83.3 Å². The molecule has 0 aromatic heterocycles. The van der Waals surface area contributed by atoms with Gasteiger partial charge in [0, 0.05) is 13.2 Å². The van der Waals surface area contributed by atoms with Crippen molar-refractivity contribution >= 4 is 0 Å². The van der Waals surface area contributed by atoms with Crippen LogP contribution < -0.4 is 0 Å². The maximum absolute atomic E-state index is 5.35. The molecular weight excluding hydrogens is 162 g/mol. The molecule has 0 heterocycles. The fourth-order valence-corrected chi connectivity index (χ4v) is 1.37. The molecular formula is C11H25NO. The molecule has 13 heavy (non-hydrogen) atoms. The van der Waals surface area contributed by atoms with Gasteiger partial charge < -0.3 is 9.64 Å². The Kier molecular flexibility index (Phi) is 9.94. The van der Waals surface area contributed by atoms with Gasteiger partial charge in [0.1, 0.15) is 0 Å². The van der Waals surface area contributed by atoms with Crippen molar-refractivity contribution in [2.45, 2.75) is 40.0 Å². The van der Waals surface area contributed by atoms with Crippen LogP contribution in [0.1, 0.15) is 40.0 Å². The number of ether oxygens (including phenoxy) is 1. The van der Waals surface area contributed by atoms with Crippen LogP contribution in [0.4, 0.5) is 0 Å². The number of rotatable bonds is 9. The van der Waals surface area contributed by atoms with Gasteiger partial charge in [0.15, 0.2) is 0 Å². The third kappa shape index (κ3) is 8.26. The predicted molar refractivity (Wildman–Crippen MR) is 58.1 cm³/mol. The molecule has 0 aliphatic rings. The van der Waals surface area contributed by atoms with Crippen LogP contribution in [0.25, 0.3) is 0 Å². The lowest BCUT2D eigenvalue weighted by Gasteiger charge is -2.20. The summed E-state index contributed by atoms with van der Waals surface area (Å²) in [7, 11) is 0. The zero-order valence-corrected chi connectivity index (χ0v) is 9.51. The first-order chi connectivity index (χ1) is 6.35. The van der Waals surface area contributed by atoms with E-state index in [4.69, 9.17) is 4.74 Å². The molecule has 0 aromatic rings. The van der Waals surface area contributed by atoms with Crippen LogP contribution in [0.5, 0.6) is 0 Å². The van der Waals surface area contributed by atoms with Crippen molar-refractivity contribution in [1.82, 2.24) is 4.90 Å². The van der Waals surface area contributed by atoms with Crippen molar-refractivity contribution in [3.05, 3.63) is 0 Å². The van der Waals surface area contributed by atoms with E-state index in [1.807, 2.05) is 0 Å². The first-order valence-electron chi connectivity index (χ1n) is 5.65. The molecule has 80 valence electrons. The summed E-state index contributed by atoms with van der Waals surface area (Å²) in [5.41, 5.74) is 0. The van der Waals surface area contributed by atoms with E-state index in [2.05, 4.69) is 25.7 Å². The molecule has 0 saturated heterocycles. The molecule has 0 aliphatic heterocycles. The summed E-state index contributed by atoms with van der Waals surface area (Å²) >= 11 is 0. The third-order valence-corrected chi connectivity index (χ3v) is 2.12. The minimum atomic E-state index is 0.841. The lowest BCUT2D eigenvalue weighted by atomic mass is 10.3. The Morgan fingerprint density at radius 3 is 2.23 bits per heavy atom. The van der Waals surface area contributed by atoms with Crippen molar-refractivity contribution in [1.29, 1.82) is 0 Å². The number of hydrogen-bond donors (Lipinski definition) is 0. The van der Waals surface area contributed by atoms with Gasteiger partial charge in [-0.25, -0.2) is 0 Å². The molecule has 0 saturated carbocycles. The molecule has 0 aromatic carbocycles. The molecule has 0 rings (SSSR count). The van der Waals surface area contributed by atoms with Crippen LogP contribution in [0.15, 0.2) is 0 Å². The van der Waals surface area contributed by atoms with E-state index >= 15 is 0 Å². The van der Waals surface area contributed by atoms with Crippen molar-refractivity contribution in [3.8, 4) is 0 Å². The fraction of sp³-hybridized carbons (Fsp3) is 1.00. The van der Waals surface area contributed by atoms with E-state index < -0.39 is 0 Å². The van der Waals surface area contributed by atoms with Gasteiger partial charge >= 0.3 is 0 Å². The highest BCUT2D eigenvalue weighted by molar-refractivity contribution is 4.55. The van der Waals surface area contributed by atoms with Gasteiger partial charge in [0.05, 0.1) is 6.61 Å². The molecule has 0 spiro atoms. The standard InChI is InChI=1S/C11H25NO/c1-4-7-9-12(8-5-2)10-11-13-6-3/h4-11H2,1-3H3. The average molecular weight is 187 g/mol. The highest BCUT2D eigenvalue weighted by atomic mass is 16.5. The lowest BCUT2D eigenvalue weighted by Crippen LogP contribution is -2.29. The Morgan fingerprint density at radius 1 is 0.923 bits per heavy atom. The van der Waals surface area contributed by atoms with Crippen molar-refractivity contribution < 1.29 is 4.74 Å². The van der Waals surface area contributed by atoms with Crippen molar-refractivity contribution in [2.24, 2.45) is 0 Å². The molecule has 0 radical (unpaired) electrons. The topological polar surface area (TPSA) is 12.5 Å². The molecule has 2 heteroatoms. The van der Waals surface area contributed by atoms with E-state index in [0.717, 1.165) is 19.8 Å². The van der Waals surface area contributed by atoms with Crippen LogP contribution >= 0.6 is 0 Å². The SMILES string of the molecule is CCCCN(CCC)CCOCC. The highest BCUT2D eigenvalue weighted by Crippen LogP contribution is 1.96. The Bertz CT molecular complexity index is 96.1. The summed E-state index contributed by atoms with van der Waals surface area (Å²) in [5, 5.41) is 0. The van der Waals surface area contributed by atoms with Gasteiger partial charge in [-0.15, -0.1) is 0 Å². The molecule has 0 atom stereocenters. The van der Waals surface area contributed by atoms with Crippen LogP contribution in [-0.4, -0.2) is 37.7 Å². The fourth-order valence-electron chi connectivity index (χ4n) is 1.37. The number of nitrogens with zero attached hydrogens (tertiary/aromatic N) is 1. The molecule has 2 nitrogen and oxygen atoms in total. The quantitative estimate of drug-likeness (QED) is 0.514. The van der Waals surface area contributed by atoms with Gasteiger partial charge in [-0.1, -0.05) is 20.3 Å². The van der Waals surface area contributed by atoms with Crippen LogP contribution in [0.2, 0.25) is 0 Å². The smallest absolute Gasteiger partial charge is 0.0593 e. The number of hydrogen-bond acceptors (Lipinski definition) is 2. The Hall–Kier alpha value is -0.0800. The molecule has 0 bridgehead atoms. The lowest BCUT2D eigenvalue weighted by molar-refractivity contribution is 0.112. The van der Waals surface area contributed by atoms with Crippen molar-refractivity contribution in [2.75, 3.05) is 32.8 Å². The van der Waals surface area contributed by atoms with E-state index in [-0.39, 0.29) is 0 Å². The minimum absolute atomic E-state index is 0.841. The second-order valence-electron chi connectivity index (χ2n) is 3.39. The van der Waals surface area contributed by atoms with Gasteiger partial charge in [0.25, 0.3) is 0 Å². The predicted octanol–water partition coefficient (Wildman–Crippen LogP) is 2.54. The van der Waals surface area contributed by atoms with Gasteiger partial charge in [0.2, 0.25) is 0 Å². The van der Waals surface area contributed by atoms with Crippen LogP contribution in [0.3, 0.4) is 0 Å². The summed E-state index contributed by atoms with van der Waals surface area (Å²) in [5.74, 6) is 0. The van der Waals surface area contributed by atoms with Gasteiger partial charge in [-0.3, -0.25) is 0 Å². The summed E-state index contributed by atoms with van der Waals surface area (Å²) in [4.78, 5) is 2.50. The summed E-state index contributed by atoms with van der Waals surface area (Å²) < 4.78 is 5.35. The highest BCUT2D eigenvalue weighted by Gasteiger charge is 2.01. The second kappa shape index (κ2) is 10.0. The zero-order chi connectivity index (χ0) is 9.94. The monoisotopic (exact) mass is 187 g/mol. The average Bonchev–Trinajstić information content (AvgIpc) is 2.14. The summed E-state index contributed by atoms with van der Waals surface area (Å²) in [6.07, 6.45) is 3.84. The maximum Gasteiger partial charge on any atom is 0.0593 e. The zero-order valence-electron chi connectivity index (χ0n) is 9.51. The van der Waals surface area contributed by atoms with E-state index in [1.165, 1.54) is 32.4 Å². The maximum atomic E-state index is 5.35. The third-order valence-electron chi connectivity index (χ3n) is 2.12. The molecule has 0 amide bonds. The number of unbranched alkanes of at least 4 members (excludes halogenated alkanes) is 1. The minimum Gasteiger partial charge on any atom is -0.380 e. The first-order valence-corrected chi connectivity index (χ1v) is 5.65. The second-order valence-corrected chi connectivity index (χ2v) is 3.39. The van der Waals surface area contributed by atoms with E-state index in [9.17, 15) is 0 Å². The normalized spacial score (nSPS) is 11.1. The Balaban J connectivity index is 3.41. The van der Waals surface area contributed by atoms with Crippen LogP contribution in [-0.2, 0) is 4.74 Å². The van der Waals surface area contributed by atoms with E-state index in [1.54, 1.807) is 0 Å². The van der Waals surface area contributed by atoms with Gasteiger partial charge in [-0.05, 0) is 32.9 Å². The Morgan fingerprint density at radius 2 is 1.69 bits per heavy atom. The van der Waals surface area contributed by atoms with Crippen molar-refractivity contribution in [3.63, 3.8) is 0 Å². The molecule has 0 N–H and O–H groups in total. The van der Waals surface area contributed by atoms with Gasteiger partial charge in [-0.2, -0.15) is 0 Å². The molecule has 0 fully saturated rings. The first kappa shape index (κ1) is 12.9. The van der Waals surface area contributed by atoms with E-state index in [0.29, 0.717) is 0 Å². The summed E-state index contributed by atoms with van der Waals surface area (Å²) in [6.45, 7) is 11.8. The molecule has 0 aliphatic carbocycles. The molecule has 0 unspecified atom stereocenters.